The van der Waals surface area contributed by atoms with E-state index in [4.69, 9.17) is 21.1 Å². The molecule has 0 amide bonds. The summed E-state index contributed by atoms with van der Waals surface area (Å²) >= 11 is 6.59. The van der Waals surface area contributed by atoms with Gasteiger partial charge < -0.3 is 19.1 Å². The number of esters is 1. The van der Waals surface area contributed by atoms with Gasteiger partial charge in [0.1, 0.15) is 22.4 Å². The average molecular weight is 591 g/mol. The van der Waals surface area contributed by atoms with Crippen LogP contribution >= 0.6 is 11.6 Å². The molecule has 0 saturated carbocycles. The van der Waals surface area contributed by atoms with Gasteiger partial charge in [0.15, 0.2) is 5.78 Å². The van der Waals surface area contributed by atoms with Crippen LogP contribution in [0.5, 0.6) is 5.75 Å². The molecule has 0 atom stereocenters. The normalized spacial score (nSPS) is 13.5. The topological polar surface area (TPSA) is 108 Å². The second kappa shape index (κ2) is 11.1. The number of aromatic carboxylic acids is 1. The van der Waals surface area contributed by atoms with Crippen LogP contribution in [-0.2, 0) is 20.9 Å². The second-order valence-corrected chi connectivity index (χ2v) is 11.5. The van der Waals surface area contributed by atoms with Gasteiger partial charge in [0, 0.05) is 40.0 Å². The van der Waals surface area contributed by atoms with Gasteiger partial charge in [-0.3, -0.25) is 9.59 Å². The van der Waals surface area contributed by atoms with Crippen molar-refractivity contribution in [1.82, 2.24) is 9.55 Å². The summed E-state index contributed by atoms with van der Waals surface area (Å²) in [4.78, 5) is 42.0. The molecule has 2 aromatic carbocycles. The maximum Gasteiger partial charge on any atom is 0.353 e. The number of hydrogen-bond acceptors (Lipinski definition) is 6. The Labute approximate surface area is 246 Å². The fraction of sp³-hybridized carbons (Fsp3) is 0.250. The van der Waals surface area contributed by atoms with Crippen molar-refractivity contribution >= 4 is 56.7 Å². The third kappa shape index (κ3) is 5.52. The summed E-state index contributed by atoms with van der Waals surface area (Å²) < 4.78 is 27.0. The molecule has 4 aromatic rings. The summed E-state index contributed by atoms with van der Waals surface area (Å²) in [5.41, 5.74) is 1.34. The molecule has 216 valence electrons. The third-order valence-corrected chi connectivity index (χ3v) is 7.32. The van der Waals surface area contributed by atoms with E-state index >= 15 is 0 Å². The van der Waals surface area contributed by atoms with Crippen LogP contribution < -0.4 is 4.74 Å². The number of carboxylic acids is 1. The highest BCUT2D eigenvalue weighted by atomic mass is 35.5. The van der Waals surface area contributed by atoms with Gasteiger partial charge >= 0.3 is 11.9 Å². The molecule has 1 N–H and O–H groups in total. The second-order valence-electron chi connectivity index (χ2n) is 11.1. The van der Waals surface area contributed by atoms with Crippen molar-refractivity contribution < 1.29 is 33.4 Å². The Balaban J connectivity index is 1.55. The summed E-state index contributed by atoms with van der Waals surface area (Å²) in [7, 11) is 0. The number of nitrogens with zero attached hydrogens (tertiary/aromatic N) is 2. The van der Waals surface area contributed by atoms with E-state index in [0.717, 1.165) is 0 Å². The Morgan fingerprint density at radius 1 is 1.17 bits per heavy atom. The van der Waals surface area contributed by atoms with Gasteiger partial charge in [-0.25, -0.2) is 14.2 Å². The number of carboxylic acid groups (broad SMARTS) is 1. The van der Waals surface area contributed by atoms with Gasteiger partial charge in [-0.1, -0.05) is 29.8 Å². The third-order valence-electron chi connectivity index (χ3n) is 6.99. The lowest BCUT2D eigenvalue weighted by Gasteiger charge is -2.17. The van der Waals surface area contributed by atoms with E-state index in [1.807, 2.05) is 0 Å². The lowest BCUT2D eigenvalue weighted by atomic mass is 9.93. The predicted molar refractivity (Wildman–Crippen MR) is 157 cm³/mol. The van der Waals surface area contributed by atoms with E-state index in [-0.39, 0.29) is 47.5 Å². The SMILES string of the molecule is Cc1cc2c(C3=CC=CCC3=O)c(C(=O)O)n(Cc3cc4ccc(OCOC(=O)C(C)(C)C)cc4nc3Cl)c2cc1F. The van der Waals surface area contributed by atoms with Crippen LogP contribution in [0.3, 0.4) is 0 Å². The maximum atomic E-state index is 14.8. The van der Waals surface area contributed by atoms with Gasteiger partial charge in [0.2, 0.25) is 6.79 Å². The average Bonchev–Trinajstić information content (AvgIpc) is 3.21. The quantitative estimate of drug-likeness (QED) is 0.142. The van der Waals surface area contributed by atoms with E-state index in [9.17, 15) is 23.9 Å². The number of carbonyl (C=O) groups excluding carboxylic acids is 2. The molecule has 2 heterocycles. The highest BCUT2D eigenvalue weighted by Gasteiger charge is 2.29. The molecule has 1 aliphatic carbocycles. The molecular formula is C32H28ClFN2O6. The smallest absolute Gasteiger partial charge is 0.353 e. The number of ether oxygens (including phenoxy) is 2. The number of hydrogen-bond donors (Lipinski definition) is 1. The molecule has 0 unspecified atom stereocenters. The van der Waals surface area contributed by atoms with Gasteiger partial charge in [-0.2, -0.15) is 0 Å². The first kappa shape index (κ1) is 29.0. The summed E-state index contributed by atoms with van der Waals surface area (Å²) in [6, 6.07) is 9.70. The molecule has 5 rings (SSSR count). The van der Waals surface area contributed by atoms with Gasteiger partial charge in [-0.05, 0) is 63.6 Å². The Hall–Kier alpha value is -4.50. The van der Waals surface area contributed by atoms with E-state index in [2.05, 4.69) is 4.98 Å². The van der Waals surface area contributed by atoms with Crippen LogP contribution in [0.25, 0.3) is 27.4 Å². The minimum atomic E-state index is -1.26. The lowest BCUT2D eigenvalue weighted by Crippen LogP contribution is -2.24. The van der Waals surface area contributed by atoms with Crippen LogP contribution in [0, 0.1) is 18.2 Å². The van der Waals surface area contributed by atoms with Crippen LogP contribution in [0.1, 0.15) is 54.4 Å². The molecule has 1 aliphatic rings. The summed E-state index contributed by atoms with van der Waals surface area (Å²) in [6.45, 7) is 6.51. The number of halogens is 2. The van der Waals surface area contributed by atoms with Crippen molar-refractivity contribution in [3.63, 3.8) is 0 Å². The Kier molecular flexibility index (Phi) is 7.64. The van der Waals surface area contributed by atoms with Crippen molar-refractivity contribution in [3.8, 4) is 5.75 Å². The number of pyridine rings is 1. The Bertz CT molecular complexity index is 1850. The van der Waals surface area contributed by atoms with Crippen LogP contribution in [0.2, 0.25) is 5.15 Å². The molecule has 0 radical (unpaired) electrons. The van der Waals surface area contributed by atoms with Crippen molar-refractivity contribution in [1.29, 1.82) is 0 Å². The first-order valence-electron chi connectivity index (χ1n) is 13.2. The van der Waals surface area contributed by atoms with E-state index in [1.165, 1.54) is 10.6 Å². The molecule has 2 aromatic heterocycles. The monoisotopic (exact) mass is 590 g/mol. The standard InChI is InChI=1S/C32H28ClFN2O6/c1-17-11-22-25(14-23(17)34)36(28(30(38)39)27(22)21-7-5-6-8-26(21)37)15-19-12-18-9-10-20(13-24(18)35-29(19)33)41-16-42-31(40)32(2,3)4/h5-7,9-14H,8,15-16H2,1-4H3,(H,38,39). The minimum Gasteiger partial charge on any atom is -0.477 e. The minimum absolute atomic E-state index is 0.0409. The molecule has 0 aliphatic heterocycles. The number of Topliss-reactive ketones (excluding diaryl/α,β-unsaturated/α-hetero) is 1. The van der Waals surface area contributed by atoms with Gasteiger partial charge in [0.25, 0.3) is 0 Å². The zero-order valence-corrected chi connectivity index (χ0v) is 24.2. The summed E-state index contributed by atoms with van der Waals surface area (Å²) in [6.07, 6.45) is 5.14. The molecule has 0 saturated heterocycles. The molecule has 0 spiro atoms. The van der Waals surface area contributed by atoms with Crippen LogP contribution in [-0.4, -0.2) is 39.2 Å². The number of aromatic nitrogens is 2. The van der Waals surface area contributed by atoms with Crippen LogP contribution in [0.15, 0.2) is 54.6 Å². The largest absolute Gasteiger partial charge is 0.477 e. The maximum absolute atomic E-state index is 14.8. The highest BCUT2D eigenvalue weighted by molar-refractivity contribution is 6.30. The molecule has 0 bridgehead atoms. The first-order valence-corrected chi connectivity index (χ1v) is 13.6. The van der Waals surface area contributed by atoms with Gasteiger partial charge in [0.05, 0.1) is 23.0 Å². The fourth-order valence-corrected chi connectivity index (χ4v) is 5.01. The fourth-order valence-electron chi connectivity index (χ4n) is 4.81. The number of fused-ring (bicyclic) bond motifs is 2. The molecule has 8 nitrogen and oxygen atoms in total. The highest BCUT2D eigenvalue weighted by Crippen LogP contribution is 2.37. The number of rotatable bonds is 7. The van der Waals surface area contributed by atoms with E-state index in [1.54, 1.807) is 76.3 Å². The number of benzene rings is 2. The van der Waals surface area contributed by atoms with E-state index in [0.29, 0.717) is 38.7 Å². The molecular weight excluding hydrogens is 563 g/mol. The number of allylic oxidation sites excluding steroid dienone is 4. The van der Waals surface area contributed by atoms with Crippen molar-refractivity contribution in [2.45, 2.75) is 40.7 Å². The van der Waals surface area contributed by atoms with Crippen LogP contribution in [0.4, 0.5) is 4.39 Å². The first-order chi connectivity index (χ1) is 19.8. The van der Waals surface area contributed by atoms with Gasteiger partial charge in [-0.15, -0.1) is 0 Å². The molecule has 42 heavy (non-hydrogen) atoms. The zero-order chi connectivity index (χ0) is 30.3. The van der Waals surface area contributed by atoms with Crippen molar-refractivity contribution in [2.24, 2.45) is 5.41 Å². The summed E-state index contributed by atoms with van der Waals surface area (Å²) in [5.74, 6) is -1.97. The molecule has 0 fully saturated rings. The Morgan fingerprint density at radius 3 is 2.62 bits per heavy atom. The van der Waals surface area contributed by atoms with Crippen molar-refractivity contribution in [3.05, 3.63) is 88.0 Å². The predicted octanol–water partition coefficient (Wildman–Crippen LogP) is 6.87. The number of aryl methyl sites for hydroxylation is 1. The zero-order valence-electron chi connectivity index (χ0n) is 23.5. The lowest BCUT2D eigenvalue weighted by molar-refractivity contribution is -0.159. The van der Waals surface area contributed by atoms with Crippen molar-refractivity contribution in [2.75, 3.05) is 6.79 Å². The number of carbonyl (C=O) groups is 3. The Morgan fingerprint density at radius 2 is 1.93 bits per heavy atom. The molecule has 10 heteroatoms. The summed E-state index contributed by atoms with van der Waals surface area (Å²) in [5, 5.41) is 11.6. The number of ketones is 1. The van der Waals surface area contributed by atoms with E-state index < -0.39 is 23.2 Å².